The van der Waals surface area contributed by atoms with Crippen LogP contribution in [-0.2, 0) is 6.54 Å². The lowest BCUT2D eigenvalue weighted by Crippen LogP contribution is -2.50. The lowest BCUT2D eigenvalue weighted by molar-refractivity contribution is 0.158. The van der Waals surface area contributed by atoms with Crippen LogP contribution in [0.15, 0.2) is 34.7 Å². The lowest BCUT2D eigenvalue weighted by Gasteiger charge is -2.36. The first-order chi connectivity index (χ1) is 13.7. The first kappa shape index (κ1) is 19.6. The first-order valence-corrected chi connectivity index (χ1v) is 10.8. The molecule has 0 amide bonds. The van der Waals surface area contributed by atoms with E-state index in [1.165, 1.54) is 24.8 Å². The number of benzene rings is 1. The van der Waals surface area contributed by atoms with E-state index >= 15 is 0 Å². The summed E-state index contributed by atoms with van der Waals surface area (Å²) < 4.78 is 5.75. The van der Waals surface area contributed by atoms with Gasteiger partial charge in [-0.25, -0.2) is 4.98 Å². The number of aromatic nitrogens is 1. The molecule has 3 heterocycles. The van der Waals surface area contributed by atoms with Crippen LogP contribution in [0.2, 0.25) is 0 Å². The molecule has 2 saturated heterocycles. The average molecular weight is 383 g/mol. The Morgan fingerprint density at radius 2 is 1.93 bits per heavy atom. The highest BCUT2D eigenvalue weighted by Gasteiger charge is 2.27. The maximum atomic E-state index is 5.75. The Bertz CT molecular complexity index is 717. The molecule has 5 nitrogen and oxygen atoms in total. The molecule has 28 heavy (non-hydrogen) atoms. The van der Waals surface area contributed by atoms with Crippen LogP contribution in [0.25, 0.3) is 0 Å². The van der Waals surface area contributed by atoms with E-state index in [0.717, 1.165) is 62.5 Å². The second-order valence-electron chi connectivity index (χ2n) is 8.49. The molecule has 2 aliphatic heterocycles. The molecule has 1 aromatic heterocycles. The van der Waals surface area contributed by atoms with E-state index in [4.69, 9.17) is 4.42 Å². The van der Waals surface area contributed by atoms with E-state index in [0.29, 0.717) is 12.0 Å². The molecule has 2 aromatic rings. The van der Waals surface area contributed by atoms with Crippen LogP contribution in [0.1, 0.15) is 48.1 Å². The molecule has 0 bridgehead atoms. The van der Waals surface area contributed by atoms with E-state index in [2.05, 4.69) is 50.8 Å². The van der Waals surface area contributed by atoms with Gasteiger partial charge in [0.15, 0.2) is 0 Å². The molecule has 0 aliphatic carbocycles. The third kappa shape index (κ3) is 4.83. The Hall–Kier alpha value is -1.69. The summed E-state index contributed by atoms with van der Waals surface area (Å²) in [5.41, 5.74) is 2.50. The lowest BCUT2D eigenvalue weighted by atomic mass is 9.85. The van der Waals surface area contributed by atoms with Gasteiger partial charge in [0.25, 0.3) is 0 Å². The summed E-state index contributed by atoms with van der Waals surface area (Å²) in [5.74, 6) is 3.20. The molecule has 0 spiro atoms. The largest absolute Gasteiger partial charge is 0.444 e. The number of aryl methyl sites for hydroxylation is 2. The normalized spacial score (nSPS) is 24.5. The van der Waals surface area contributed by atoms with Gasteiger partial charge < -0.3 is 15.1 Å². The van der Waals surface area contributed by atoms with Crippen molar-refractivity contribution in [1.29, 1.82) is 0 Å². The van der Waals surface area contributed by atoms with Gasteiger partial charge in [0.1, 0.15) is 5.76 Å². The van der Waals surface area contributed by atoms with Crippen LogP contribution in [0.3, 0.4) is 0 Å². The smallest absolute Gasteiger partial charge is 0.208 e. The molecular formula is C23H34N4O. The molecule has 2 unspecified atom stereocenters. The maximum absolute atomic E-state index is 5.75. The van der Waals surface area contributed by atoms with E-state index in [-0.39, 0.29) is 0 Å². The number of rotatable bonds is 6. The summed E-state index contributed by atoms with van der Waals surface area (Å²) in [6, 6.07) is 11.6. The number of hydrogen-bond donors (Lipinski definition) is 2. The van der Waals surface area contributed by atoms with E-state index in [9.17, 15) is 0 Å². The zero-order valence-electron chi connectivity index (χ0n) is 17.3. The van der Waals surface area contributed by atoms with Crippen molar-refractivity contribution < 1.29 is 4.42 Å². The van der Waals surface area contributed by atoms with Crippen molar-refractivity contribution in [1.82, 2.24) is 20.5 Å². The van der Waals surface area contributed by atoms with Gasteiger partial charge in [-0.05, 0) is 70.8 Å². The zero-order valence-corrected chi connectivity index (χ0v) is 17.3. The van der Waals surface area contributed by atoms with Crippen molar-refractivity contribution in [3.05, 3.63) is 53.2 Å². The number of oxazole rings is 1. The molecule has 152 valence electrons. The number of nitrogens with zero attached hydrogens (tertiary/aromatic N) is 2. The molecule has 0 radical (unpaired) electrons. The van der Waals surface area contributed by atoms with Gasteiger partial charge in [-0.15, -0.1) is 0 Å². The van der Waals surface area contributed by atoms with Crippen LogP contribution in [-0.4, -0.2) is 48.6 Å². The van der Waals surface area contributed by atoms with Gasteiger partial charge in [-0.1, -0.05) is 30.3 Å². The summed E-state index contributed by atoms with van der Waals surface area (Å²) >= 11 is 0. The van der Waals surface area contributed by atoms with Crippen molar-refractivity contribution in [2.24, 2.45) is 5.92 Å². The Kier molecular flexibility index (Phi) is 6.45. The second kappa shape index (κ2) is 9.21. The minimum atomic E-state index is 0.535. The molecule has 2 atom stereocenters. The number of hydrogen-bond acceptors (Lipinski definition) is 5. The van der Waals surface area contributed by atoms with E-state index in [1.54, 1.807) is 0 Å². The molecule has 2 N–H and O–H groups in total. The highest BCUT2D eigenvalue weighted by Crippen LogP contribution is 2.26. The fourth-order valence-corrected chi connectivity index (χ4v) is 4.64. The second-order valence-corrected chi connectivity index (χ2v) is 8.49. The summed E-state index contributed by atoms with van der Waals surface area (Å²) in [4.78, 5) is 7.01. The van der Waals surface area contributed by atoms with Crippen LogP contribution < -0.4 is 10.6 Å². The van der Waals surface area contributed by atoms with Crippen molar-refractivity contribution >= 4 is 0 Å². The Morgan fingerprint density at radius 1 is 1.14 bits per heavy atom. The maximum Gasteiger partial charge on any atom is 0.208 e. The van der Waals surface area contributed by atoms with E-state index in [1.807, 2.05) is 13.8 Å². The Morgan fingerprint density at radius 3 is 2.64 bits per heavy atom. The highest BCUT2D eigenvalue weighted by molar-refractivity contribution is 5.22. The van der Waals surface area contributed by atoms with Gasteiger partial charge in [0.2, 0.25) is 5.89 Å². The third-order valence-electron chi connectivity index (χ3n) is 6.52. The van der Waals surface area contributed by atoms with Gasteiger partial charge >= 0.3 is 0 Å². The average Bonchev–Trinajstić information content (AvgIpc) is 3.05. The Balaban J connectivity index is 1.24. The molecule has 1 aromatic carbocycles. The van der Waals surface area contributed by atoms with E-state index < -0.39 is 0 Å². The van der Waals surface area contributed by atoms with Crippen molar-refractivity contribution in [2.45, 2.75) is 51.6 Å². The molecule has 2 aliphatic rings. The topological polar surface area (TPSA) is 53.3 Å². The first-order valence-electron chi connectivity index (χ1n) is 10.8. The summed E-state index contributed by atoms with van der Waals surface area (Å²) in [6.45, 7) is 10.4. The molecule has 4 rings (SSSR count). The van der Waals surface area contributed by atoms with Crippen LogP contribution in [0, 0.1) is 19.8 Å². The number of piperidine rings is 2. The number of nitrogens with one attached hydrogen (secondary N) is 2. The van der Waals surface area contributed by atoms with Crippen molar-refractivity contribution in [3.63, 3.8) is 0 Å². The van der Waals surface area contributed by atoms with Gasteiger partial charge in [-0.2, -0.15) is 0 Å². The SMILES string of the molecule is Cc1nc(CN2CCC(CNC3CNCCC3c3ccccc3)CC2)oc1C. The van der Waals surface area contributed by atoms with Crippen molar-refractivity contribution in [2.75, 3.05) is 32.7 Å². The highest BCUT2D eigenvalue weighted by atomic mass is 16.4. The molecule has 2 fully saturated rings. The summed E-state index contributed by atoms with van der Waals surface area (Å²) in [7, 11) is 0. The summed E-state index contributed by atoms with van der Waals surface area (Å²) in [5, 5.41) is 7.48. The van der Waals surface area contributed by atoms with Crippen molar-refractivity contribution in [3.8, 4) is 0 Å². The molecular weight excluding hydrogens is 348 g/mol. The van der Waals surface area contributed by atoms with Crippen LogP contribution >= 0.6 is 0 Å². The number of likely N-dealkylation sites (tertiary alicyclic amines) is 1. The minimum absolute atomic E-state index is 0.535. The molecule has 0 saturated carbocycles. The van der Waals surface area contributed by atoms with Gasteiger partial charge in [0, 0.05) is 18.5 Å². The minimum Gasteiger partial charge on any atom is -0.444 e. The van der Waals surface area contributed by atoms with Gasteiger partial charge in [0.05, 0.1) is 12.2 Å². The Labute approximate surface area is 168 Å². The predicted molar refractivity (Wildman–Crippen MR) is 112 cm³/mol. The standard InChI is InChI=1S/C23H34N4O/c1-17-18(2)28-23(26-17)16-27-12-9-19(10-13-27)14-25-22-15-24-11-8-21(22)20-6-4-3-5-7-20/h3-7,19,21-22,24-25H,8-16H2,1-2H3. The fraction of sp³-hybridized carbons (Fsp3) is 0.609. The fourth-order valence-electron chi connectivity index (χ4n) is 4.64. The quantitative estimate of drug-likeness (QED) is 0.803. The summed E-state index contributed by atoms with van der Waals surface area (Å²) in [6.07, 6.45) is 3.72. The van der Waals surface area contributed by atoms with Crippen LogP contribution in [0.4, 0.5) is 0 Å². The third-order valence-corrected chi connectivity index (χ3v) is 6.52. The van der Waals surface area contributed by atoms with Crippen LogP contribution in [0.5, 0.6) is 0 Å². The van der Waals surface area contributed by atoms with Gasteiger partial charge in [-0.3, -0.25) is 4.90 Å². The predicted octanol–water partition coefficient (Wildman–Crippen LogP) is 3.24. The monoisotopic (exact) mass is 382 g/mol. The zero-order chi connectivity index (χ0) is 19.3. The molecule has 5 heteroatoms.